The molecular weight excluding hydrogens is 494 g/mol. The van der Waals surface area contributed by atoms with Crippen molar-refractivity contribution in [3.8, 4) is 0 Å². The Kier molecular flexibility index (Phi) is 16.4. The van der Waals surface area contributed by atoms with Crippen molar-refractivity contribution < 1.29 is 49.2 Å². The predicted octanol–water partition coefficient (Wildman–Crippen LogP) is 1.76. The Balaban J connectivity index is -0.000000208. The minimum atomic E-state index is -5.00. The van der Waals surface area contributed by atoms with E-state index in [4.69, 9.17) is 15.3 Å². The number of benzene rings is 1. The molecule has 1 aromatic carbocycles. The van der Waals surface area contributed by atoms with Crippen molar-refractivity contribution in [1.29, 1.82) is 0 Å². The summed E-state index contributed by atoms with van der Waals surface area (Å²) < 4.78 is 35.4. The largest absolute Gasteiger partial charge is 4.00 e. The van der Waals surface area contributed by atoms with Crippen LogP contribution in [0.5, 0.6) is 0 Å². The van der Waals surface area contributed by atoms with Gasteiger partial charge in [-0.2, -0.15) is 13.2 Å². The van der Waals surface area contributed by atoms with Crippen LogP contribution >= 0.6 is 0 Å². The molecule has 0 radical (unpaired) electrons. The number of hydrogen-bond donors (Lipinski definition) is 2. The summed E-state index contributed by atoms with van der Waals surface area (Å²) in [4.78, 5) is 19.4. The molecular formula is C10H12F3N3O5Pt+2. The van der Waals surface area contributed by atoms with E-state index in [1.54, 1.807) is 6.07 Å². The van der Waals surface area contributed by atoms with Crippen LogP contribution in [0.3, 0.4) is 0 Å². The molecule has 0 aliphatic rings. The first-order chi connectivity index (χ1) is 8.64. The van der Waals surface area contributed by atoms with E-state index in [0.29, 0.717) is 0 Å². The number of alkyl halides is 3. The van der Waals surface area contributed by atoms with Gasteiger partial charge in [0.2, 0.25) is 0 Å². The van der Waals surface area contributed by atoms with E-state index < -0.39 is 22.8 Å². The van der Waals surface area contributed by atoms with Crippen LogP contribution in [0, 0.1) is 15.3 Å². The van der Waals surface area contributed by atoms with Crippen LogP contribution in [-0.2, 0) is 21.1 Å². The zero-order chi connectivity index (χ0) is 15.1. The fourth-order valence-corrected chi connectivity index (χ4v) is 0.887. The zero-order valence-electron chi connectivity index (χ0n) is 10.8. The Morgan fingerprint density at radius 3 is 1.77 bits per heavy atom. The summed E-state index contributed by atoms with van der Waals surface area (Å²) in [6.45, 7) is 0. The second-order valence-corrected chi connectivity index (χ2v) is 2.96. The van der Waals surface area contributed by atoms with Gasteiger partial charge in [0.25, 0.3) is 0 Å². The molecule has 0 fully saturated rings. The summed E-state index contributed by atoms with van der Waals surface area (Å²) >= 11 is 0. The number of allylic oxidation sites excluding steroid dienone is 2. The van der Waals surface area contributed by atoms with Crippen molar-refractivity contribution in [3.05, 3.63) is 63.1 Å². The third kappa shape index (κ3) is 13.0. The molecule has 0 bridgehead atoms. The Morgan fingerprint density at radius 2 is 1.45 bits per heavy atom. The third-order valence-corrected chi connectivity index (χ3v) is 1.60. The molecule has 8 nitrogen and oxygen atoms in total. The van der Waals surface area contributed by atoms with Crippen LogP contribution < -0.4 is 17.4 Å². The van der Waals surface area contributed by atoms with Crippen molar-refractivity contribution in [2.24, 2.45) is 0 Å². The molecule has 126 valence electrons. The standard InChI is InChI=1S/C10H7F3O2.NO3.2H3N.Pt/c11-10(12,13)9(15)6-8(14)7-4-2-1-3-5-7;2-1(3)4;;;/h1-6,15H;;2*1H3;/q;-1;;;+4/p-1/b9-6-;;;;. The number of hydrogen-bond acceptors (Lipinski definition) is 7. The molecule has 0 saturated heterocycles. The number of nitrogens with zero attached hydrogens (tertiary/aromatic N) is 1. The summed E-state index contributed by atoms with van der Waals surface area (Å²) in [7, 11) is 0. The van der Waals surface area contributed by atoms with Gasteiger partial charge in [0.1, 0.15) is 0 Å². The summed E-state index contributed by atoms with van der Waals surface area (Å²) in [5.41, 5.74) is 0.0510. The van der Waals surface area contributed by atoms with Gasteiger partial charge >= 0.3 is 27.2 Å². The van der Waals surface area contributed by atoms with Crippen molar-refractivity contribution >= 4 is 5.78 Å². The monoisotopic (exact) mass is 506 g/mol. The van der Waals surface area contributed by atoms with E-state index in [-0.39, 0.29) is 45.0 Å². The number of carbonyl (C=O) groups is 1. The summed E-state index contributed by atoms with van der Waals surface area (Å²) in [6, 6.07) is 7.28. The topological polar surface area (TPSA) is 176 Å². The van der Waals surface area contributed by atoms with Crippen LogP contribution in [-0.4, -0.2) is 17.0 Å². The van der Waals surface area contributed by atoms with Gasteiger partial charge in [-0.3, -0.25) is 4.79 Å². The first-order valence-electron chi connectivity index (χ1n) is 4.51. The van der Waals surface area contributed by atoms with Crippen molar-refractivity contribution in [2.75, 3.05) is 0 Å². The fourth-order valence-electron chi connectivity index (χ4n) is 0.887. The van der Waals surface area contributed by atoms with E-state index in [2.05, 4.69) is 0 Å². The van der Waals surface area contributed by atoms with Crippen molar-refractivity contribution in [1.82, 2.24) is 12.3 Å². The molecule has 22 heavy (non-hydrogen) atoms. The average molecular weight is 506 g/mol. The van der Waals surface area contributed by atoms with Gasteiger partial charge in [0, 0.05) is 5.56 Å². The van der Waals surface area contributed by atoms with E-state index in [1.807, 2.05) is 0 Å². The van der Waals surface area contributed by atoms with E-state index >= 15 is 0 Å². The minimum Gasteiger partial charge on any atom is -0.869 e. The molecule has 6 N–H and O–H groups in total. The van der Waals surface area contributed by atoms with Crippen LogP contribution in [0.4, 0.5) is 13.2 Å². The van der Waals surface area contributed by atoms with E-state index in [0.717, 1.165) is 0 Å². The zero-order valence-corrected chi connectivity index (χ0v) is 13.1. The van der Waals surface area contributed by atoms with E-state index in [9.17, 15) is 23.1 Å². The van der Waals surface area contributed by atoms with Crippen LogP contribution in [0.25, 0.3) is 0 Å². The molecule has 0 spiro atoms. The molecule has 0 saturated carbocycles. The van der Waals surface area contributed by atoms with Gasteiger partial charge in [-0.05, 0) is 11.8 Å². The Morgan fingerprint density at radius 1 is 1.09 bits per heavy atom. The summed E-state index contributed by atoms with van der Waals surface area (Å²) in [5.74, 6) is -3.09. The Labute approximate surface area is 137 Å². The summed E-state index contributed by atoms with van der Waals surface area (Å²) in [6.07, 6.45) is -4.94. The average Bonchev–Trinajstić information content (AvgIpc) is 2.28. The number of carbonyl (C=O) groups excluding carboxylic acids is 1. The molecule has 0 atom stereocenters. The quantitative estimate of drug-likeness (QED) is 0.202. The normalized spacial score (nSPS) is 9.68. The van der Waals surface area contributed by atoms with Gasteiger partial charge < -0.3 is 32.7 Å². The first-order valence-corrected chi connectivity index (χ1v) is 4.51. The number of halogens is 3. The maximum Gasteiger partial charge on any atom is 4.00 e. The van der Waals surface area contributed by atoms with Gasteiger partial charge in [-0.1, -0.05) is 30.3 Å². The molecule has 1 rings (SSSR count). The number of rotatable bonds is 2. The fraction of sp³-hybridized carbons (Fsp3) is 0.100. The van der Waals surface area contributed by atoms with Gasteiger partial charge in [-0.25, -0.2) is 0 Å². The van der Waals surface area contributed by atoms with Crippen molar-refractivity contribution in [3.63, 3.8) is 0 Å². The molecule has 0 amide bonds. The molecule has 0 aliphatic carbocycles. The van der Waals surface area contributed by atoms with Gasteiger partial charge in [0.05, 0.1) is 5.09 Å². The van der Waals surface area contributed by atoms with Crippen LogP contribution in [0.1, 0.15) is 10.4 Å². The smallest absolute Gasteiger partial charge is 0.869 e. The molecule has 0 unspecified atom stereocenters. The Bertz CT molecular complexity index is 478. The second-order valence-electron chi connectivity index (χ2n) is 2.96. The predicted molar refractivity (Wildman–Crippen MR) is 65.3 cm³/mol. The SMILES string of the molecule is N.N.O=C(/C=C(\[O-])C(F)(F)F)c1ccccc1.O=[N+]([O-])[O-].[Pt+4]. The van der Waals surface area contributed by atoms with Crippen molar-refractivity contribution in [2.45, 2.75) is 6.18 Å². The third-order valence-electron chi connectivity index (χ3n) is 1.60. The van der Waals surface area contributed by atoms with Gasteiger partial charge in [-0.15, -0.1) is 0 Å². The minimum absolute atomic E-state index is 0. The maximum atomic E-state index is 11.8. The molecule has 0 aliphatic heterocycles. The number of ketones is 1. The molecule has 0 aromatic heterocycles. The molecule has 0 heterocycles. The molecule has 1 aromatic rings. The second kappa shape index (κ2) is 12.7. The maximum absolute atomic E-state index is 11.8. The van der Waals surface area contributed by atoms with Gasteiger partial charge in [0.15, 0.2) is 5.78 Å². The summed E-state index contributed by atoms with van der Waals surface area (Å²) in [5, 5.41) is 25.2. The molecule has 12 heteroatoms. The van der Waals surface area contributed by atoms with Crippen LogP contribution in [0.2, 0.25) is 0 Å². The van der Waals surface area contributed by atoms with Crippen LogP contribution in [0.15, 0.2) is 42.2 Å². The van der Waals surface area contributed by atoms with E-state index in [1.165, 1.54) is 24.3 Å². The first kappa shape index (κ1) is 28.2. The Hall–Kier alpha value is -1.97.